The summed E-state index contributed by atoms with van der Waals surface area (Å²) < 4.78 is 50.9. The van der Waals surface area contributed by atoms with Crippen LogP contribution in [-0.4, -0.2) is 61.9 Å². The molecule has 0 unspecified atom stereocenters. The quantitative estimate of drug-likeness (QED) is 0.639. The normalized spacial score (nSPS) is 27.8. The van der Waals surface area contributed by atoms with Crippen molar-refractivity contribution in [1.29, 1.82) is 0 Å². The van der Waals surface area contributed by atoms with Crippen LogP contribution in [0.3, 0.4) is 0 Å². The van der Waals surface area contributed by atoms with Crippen LogP contribution in [0.4, 0.5) is 23.7 Å². The predicted molar refractivity (Wildman–Crippen MR) is 95.0 cm³/mol. The summed E-state index contributed by atoms with van der Waals surface area (Å²) in [6.45, 7) is 3.72. The first kappa shape index (κ1) is 21.2. The number of anilines is 1. The van der Waals surface area contributed by atoms with Gasteiger partial charge in [-0.3, -0.25) is 4.79 Å². The molecule has 3 rings (SSSR count). The van der Waals surface area contributed by atoms with Gasteiger partial charge in [-0.1, -0.05) is 12.1 Å². The Hall–Kier alpha value is -2.53. The number of nitrogens with one attached hydrogen (secondary N) is 2. The van der Waals surface area contributed by atoms with Gasteiger partial charge in [0.15, 0.2) is 0 Å². The van der Waals surface area contributed by atoms with Gasteiger partial charge in [0.25, 0.3) is 5.72 Å². The van der Waals surface area contributed by atoms with Crippen molar-refractivity contribution >= 4 is 17.7 Å². The van der Waals surface area contributed by atoms with Crippen molar-refractivity contribution in [3.05, 3.63) is 29.8 Å². The molecule has 0 saturated carbocycles. The summed E-state index contributed by atoms with van der Waals surface area (Å²) in [5, 5.41) is 14.1. The van der Waals surface area contributed by atoms with Crippen LogP contribution in [0.1, 0.15) is 18.5 Å². The highest BCUT2D eigenvalue weighted by Gasteiger charge is 2.67. The molecule has 3 N–H and O–H groups in total. The summed E-state index contributed by atoms with van der Waals surface area (Å²) in [4.78, 5) is 26.3. The van der Waals surface area contributed by atoms with E-state index in [4.69, 9.17) is 9.47 Å². The molecular formula is C18H22F3N3O5. The van der Waals surface area contributed by atoms with Crippen molar-refractivity contribution in [2.24, 2.45) is 5.92 Å². The van der Waals surface area contributed by atoms with Crippen molar-refractivity contribution in [1.82, 2.24) is 10.6 Å². The van der Waals surface area contributed by atoms with Crippen molar-refractivity contribution in [3.63, 3.8) is 0 Å². The fourth-order valence-electron chi connectivity index (χ4n) is 3.53. The molecule has 160 valence electrons. The second-order valence-electron chi connectivity index (χ2n) is 6.76. The van der Waals surface area contributed by atoms with Crippen molar-refractivity contribution < 1.29 is 37.3 Å². The molecule has 2 saturated heterocycles. The lowest BCUT2D eigenvalue weighted by atomic mass is 9.82. The van der Waals surface area contributed by atoms with Crippen LogP contribution in [0.5, 0.6) is 0 Å². The van der Waals surface area contributed by atoms with Crippen molar-refractivity contribution in [3.8, 4) is 0 Å². The Labute approximate surface area is 164 Å². The molecule has 0 spiro atoms. The van der Waals surface area contributed by atoms with Gasteiger partial charge in [0.2, 0.25) is 0 Å². The van der Waals surface area contributed by atoms with Crippen LogP contribution in [0.25, 0.3) is 0 Å². The first-order valence-electron chi connectivity index (χ1n) is 9.14. The summed E-state index contributed by atoms with van der Waals surface area (Å²) in [5.41, 5.74) is -2.71. The Morgan fingerprint density at radius 3 is 2.48 bits per heavy atom. The summed E-state index contributed by atoms with van der Waals surface area (Å²) in [7, 11) is 0. The number of rotatable bonds is 4. The number of nitrogens with zero attached hydrogens (tertiary/aromatic N) is 1. The molecule has 0 aliphatic carbocycles. The molecule has 0 radical (unpaired) electrons. The van der Waals surface area contributed by atoms with Crippen molar-refractivity contribution in [2.75, 3.05) is 37.8 Å². The minimum absolute atomic E-state index is 0.181. The number of halogens is 3. The number of carbonyl (C=O) groups excluding carboxylic acids is 2. The Balaban J connectivity index is 1.95. The van der Waals surface area contributed by atoms with E-state index in [2.05, 4.69) is 5.32 Å². The number of urea groups is 1. The zero-order valence-electron chi connectivity index (χ0n) is 15.7. The average molecular weight is 417 g/mol. The van der Waals surface area contributed by atoms with E-state index in [-0.39, 0.29) is 12.2 Å². The maximum atomic E-state index is 13.6. The molecule has 8 nitrogen and oxygen atoms in total. The zero-order chi connectivity index (χ0) is 21.2. The van der Waals surface area contributed by atoms with E-state index in [1.807, 2.05) is 4.90 Å². The predicted octanol–water partition coefficient (Wildman–Crippen LogP) is 1.31. The summed E-state index contributed by atoms with van der Waals surface area (Å²) in [6, 6.07) is 3.72. The van der Waals surface area contributed by atoms with Gasteiger partial charge in [0, 0.05) is 18.8 Å². The lowest BCUT2D eigenvalue weighted by Gasteiger charge is -2.44. The van der Waals surface area contributed by atoms with Crippen LogP contribution in [0.2, 0.25) is 0 Å². The lowest BCUT2D eigenvalue weighted by Crippen LogP contribution is -2.73. The first-order chi connectivity index (χ1) is 13.7. The third-order valence-electron chi connectivity index (χ3n) is 4.98. The molecule has 2 aliphatic rings. The number of carbonyl (C=O) groups is 2. The molecule has 0 bridgehead atoms. The summed E-state index contributed by atoms with van der Waals surface area (Å²) in [5.74, 6) is -3.41. The maximum Gasteiger partial charge on any atom is 0.437 e. The monoisotopic (exact) mass is 417 g/mol. The number of morpholine rings is 1. The van der Waals surface area contributed by atoms with E-state index in [0.29, 0.717) is 26.3 Å². The van der Waals surface area contributed by atoms with E-state index in [1.165, 1.54) is 24.4 Å². The number of alkyl halides is 3. The number of ether oxygens (including phenoxy) is 2. The molecule has 2 aliphatic heterocycles. The van der Waals surface area contributed by atoms with Gasteiger partial charge < -0.3 is 30.1 Å². The average Bonchev–Trinajstić information content (AvgIpc) is 2.67. The van der Waals surface area contributed by atoms with Gasteiger partial charge in [-0.25, -0.2) is 4.79 Å². The van der Waals surface area contributed by atoms with Crippen LogP contribution in [0, 0.1) is 5.92 Å². The highest BCUT2D eigenvalue weighted by Crippen LogP contribution is 2.43. The smallest absolute Gasteiger partial charge is 0.437 e. The van der Waals surface area contributed by atoms with E-state index in [1.54, 1.807) is 12.1 Å². The molecular weight excluding hydrogens is 395 g/mol. The first-order valence-corrected chi connectivity index (χ1v) is 9.14. The molecule has 3 atom stereocenters. The molecule has 2 amide bonds. The second kappa shape index (κ2) is 8.07. The minimum atomic E-state index is -5.30. The Kier molecular flexibility index (Phi) is 5.90. The van der Waals surface area contributed by atoms with Crippen LogP contribution >= 0.6 is 0 Å². The Morgan fingerprint density at radius 1 is 1.31 bits per heavy atom. The summed E-state index contributed by atoms with van der Waals surface area (Å²) >= 11 is 0. The zero-order valence-corrected chi connectivity index (χ0v) is 15.7. The third-order valence-corrected chi connectivity index (χ3v) is 4.98. The van der Waals surface area contributed by atoms with Gasteiger partial charge in [-0.05, 0) is 24.6 Å². The largest absolute Gasteiger partial charge is 0.466 e. The van der Waals surface area contributed by atoms with Gasteiger partial charge in [-0.2, -0.15) is 13.2 Å². The topological polar surface area (TPSA) is 100 Å². The highest BCUT2D eigenvalue weighted by atomic mass is 19.4. The molecule has 29 heavy (non-hydrogen) atoms. The maximum absolute atomic E-state index is 13.6. The SMILES string of the molecule is CCOC(=O)[C@@H]1[C@H](c2ccc(N3CCOCC3)cc2)NC(=O)N[C@@]1(O)C(F)(F)F. The molecule has 1 aromatic rings. The van der Waals surface area contributed by atoms with Crippen molar-refractivity contribution in [2.45, 2.75) is 24.9 Å². The lowest BCUT2D eigenvalue weighted by molar-refractivity contribution is -0.294. The van der Waals surface area contributed by atoms with Crippen LogP contribution in [-0.2, 0) is 14.3 Å². The van der Waals surface area contributed by atoms with E-state index < -0.39 is 35.9 Å². The summed E-state index contributed by atoms with van der Waals surface area (Å²) in [6.07, 6.45) is -5.30. The van der Waals surface area contributed by atoms with Gasteiger partial charge in [0.05, 0.1) is 25.9 Å². The molecule has 2 heterocycles. The minimum Gasteiger partial charge on any atom is -0.466 e. The number of hydrogen-bond donors (Lipinski definition) is 3. The van der Waals surface area contributed by atoms with E-state index in [9.17, 15) is 27.9 Å². The third kappa shape index (κ3) is 4.10. The Morgan fingerprint density at radius 2 is 1.93 bits per heavy atom. The van der Waals surface area contributed by atoms with E-state index in [0.717, 1.165) is 5.69 Å². The highest BCUT2D eigenvalue weighted by molar-refractivity contribution is 5.83. The van der Waals surface area contributed by atoms with Crippen LogP contribution in [0.15, 0.2) is 24.3 Å². The number of hydrogen-bond acceptors (Lipinski definition) is 6. The number of aliphatic hydroxyl groups is 1. The number of esters is 1. The molecule has 0 aromatic heterocycles. The molecule has 1 aromatic carbocycles. The van der Waals surface area contributed by atoms with Gasteiger partial charge in [-0.15, -0.1) is 0 Å². The fourth-order valence-corrected chi connectivity index (χ4v) is 3.53. The van der Waals surface area contributed by atoms with E-state index >= 15 is 0 Å². The number of benzene rings is 1. The molecule has 11 heteroatoms. The number of amides is 2. The standard InChI is InChI=1S/C18H22F3N3O5/c1-2-29-15(25)13-14(22-16(26)23-17(13,27)18(19,20)21)11-3-5-12(6-4-11)24-7-9-28-10-8-24/h3-6,13-14,27H,2,7-10H2,1H3,(H2,22,23,26)/t13-,14-,17-/m0/s1. The van der Waals surface area contributed by atoms with Gasteiger partial charge in [0.1, 0.15) is 5.92 Å². The van der Waals surface area contributed by atoms with Crippen LogP contribution < -0.4 is 15.5 Å². The fraction of sp³-hybridized carbons (Fsp3) is 0.556. The molecule has 2 fully saturated rings. The van der Waals surface area contributed by atoms with Gasteiger partial charge >= 0.3 is 18.2 Å². The Bertz CT molecular complexity index is 752. The second-order valence-corrected chi connectivity index (χ2v) is 6.76.